The third-order valence-electron chi connectivity index (χ3n) is 4.98. The van der Waals surface area contributed by atoms with Crippen molar-refractivity contribution in [1.82, 2.24) is 9.21 Å². The van der Waals surface area contributed by atoms with E-state index in [9.17, 15) is 26.4 Å². The first kappa shape index (κ1) is 22.1. The molecule has 0 spiro atoms. The zero-order valence-electron chi connectivity index (χ0n) is 16.6. The summed E-state index contributed by atoms with van der Waals surface area (Å²) in [5.74, 6) is -0.188. The number of sulfonamides is 1. The quantitative estimate of drug-likeness (QED) is 0.732. The number of carbonyl (C=O) groups excluding carboxylic acids is 1. The van der Waals surface area contributed by atoms with E-state index in [1.807, 2.05) is 31.1 Å². The van der Waals surface area contributed by atoms with Gasteiger partial charge in [-0.05, 0) is 48.5 Å². The smallest absolute Gasteiger partial charge is 0.378 e. The summed E-state index contributed by atoms with van der Waals surface area (Å²) in [6.07, 6.45) is -4.53. The lowest BCUT2D eigenvalue weighted by atomic mass is 10.1. The second-order valence-electron chi connectivity index (χ2n) is 7.16. The summed E-state index contributed by atoms with van der Waals surface area (Å²) >= 11 is 0. The summed E-state index contributed by atoms with van der Waals surface area (Å²) in [5, 5.41) is 0. The highest BCUT2D eigenvalue weighted by Gasteiger charge is 2.33. The Balaban J connectivity index is 1.66. The van der Waals surface area contributed by atoms with Crippen molar-refractivity contribution in [2.75, 3.05) is 45.2 Å². The first-order valence-corrected chi connectivity index (χ1v) is 10.7. The molecule has 0 unspecified atom stereocenters. The Morgan fingerprint density at radius 2 is 1.43 bits per heavy atom. The number of hydrogen-bond donors (Lipinski definition) is 0. The molecule has 0 radical (unpaired) electrons. The minimum Gasteiger partial charge on any atom is -0.378 e. The van der Waals surface area contributed by atoms with E-state index in [4.69, 9.17) is 0 Å². The molecule has 1 amide bonds. The van der Waals surface area contributed by atoms with Gasteiger partial charge in [0.05, 0.1) is 10.5 Å². The Labute approximate surface area is 173 Å². The number of alkyl halides is 3. The highest BCUT2D eigenvalue weighted by atomic mass is 32.2. The molecule has 0 bridgehead atoms. The van der Waals surface area contributed by atoms with Crippen molar-refractivity contribution in [1.29, 1.82) is 0 Å². The molecule has 1 saturated heterocycles. The topological polar surface area (TPSA) is 60.9 Å². The number of rotatable bonds is 4. The Kier molecular flexibility index (Phi) is 6.09. The van der Waals surface area contributed by atoms with Crippen LogP contribution in [0.3, 0.4) is 0 Å². The average Bonchev–Trinajstić information content (AvgIpc) is 2.73. The normalized spacial score (nSPS) is 15.8. The lowest BCUT2D eigenvalue weighted by Crippen LogP contribution is -2.50. The van der Waals surface area contributed by atoms with Crippen molar-refractivity contribution in [3.05, 3.63) is 59.7 Å². The Hall–Kier alpha value is -2.59. The maximum absolute atomic E-state index is 12.7. The summed E-state index contributed by atoms with van der Waals surface area (Å²) in [5.41, 5.74) is 0.566. The van der Waals surface area contributed by atoms with Crippen LogP contribution in [0.5, 0.6) is 0 Å². The van der Waals surface area contributed by atoms with Crippen LogP contribution in [0, 0.1) is 0 Å². The molecule has 0 atom stereocenters. The van der Waals surface area contributed by atoms with E-state index in [2.05, 4.69) is 0 Å². The van der Waals surface area contributed by atoms with Gasteiger partial charge < -0.3 is 9.80 Å². The number of benzene rings is 2. The maximum atomic E-state index is 12.7. The van der Waals surface area contributed by atoms with Crippen LogP contribution in [0.15, 0.2) is 53.4 Å². The Morgan fingerprint density at radius 3 is 1.90 bits per heavy atom. The van der Waals surface area contributed by atoms with E-state index in [1.54, 1.807) is 17.0 Å². The monoisotopic (exact) mass is 441 g/mol. The minimum absolute atomic E-state index is 0.0743. The number of hydrogen-bond acceptors (Lipinski definition) is 4. The second kappa shape index (κ2) is 8.27. The molecule has 0 N–H and O–H groups in total. The molecule has 30 heavy (non-hydrogen) atoms. The fraction of sp³-hybridized carbons (Fsp3) is 0.350. The van der Waals surface area contributed by atoms with E-state index in [1.165, 1.54) is 4.31 Å². The molecule has 6 nitrogen and oxygen atoms in total. The Bertz CT molecular complexity index is 996. The van der Waals surface area contributed by atoms with Crippen LogP contribution in [0.25, 0.3) is 0 Å². The van der Waals surface area contributed by atoms with Gasteiger partial charge >= 0.3 is 6.18 Å². The van der Waals surface area contributed by atoms with Crippen molar-refractivity contribution < 1.29 is 26.4 Å². The van der Waals surface area contributed by atoms with Crippen LogP contribution in [-0.4, -0.2) is 63.8 Å². The van der Waals surface area contributed by atoms with E-state index in [0.29, 0.717) is 5.56 Å². The predicted molar refractivity (Wildman–Crippen MR) is 107 cm³/mol. The Morgan fingerprint density at radius 1 is 0.900 bits per heavy atom. The van der Waals surface area contributed by atoms with Gasteiger partial charge in [-0.2, -0.15) is 17.5 Å². The van der Waals surface area contributed by atoms with Crippen molar-refractivity contribution in [2.24, 2.45) is 0 Å². The van der Waals surface area contributed by atoms with Crippen molar-refractivity contribution in [2.45, 2.75) is 11.1 Å². The summed E-state index contributed by atoms with van der Waals surface area (Å²) in [6.45, 7) is 0.554. The molecule has 0 aromatic heterocycles. The molecule has 1 aliphatic heterocycles. The van der Waals surface area contributed by atoms with Crippen LogP contribution < -0.4 is 4.90 Å². The van der Waals surface area contributed by atoms with E-state index in [0.717, 1.165) is 30.0 Å². The summed E-state index contributed by atoms with van der Waals surface area (Å²) in [4.78, 5) is 16.0. The predicted octanol–water partition coefficient (Wildman–Crippen LogP) is 2.92. The summed E-state index contributed by atoms with van der Waals surface area (Å²) in [6, 6.07) is 10.5. The van der Waals surface area contributed by atoms with E-state index < -0.39 is 21.8 Å². The first-order valence-electron chi connectivity index (χ1n) is 9.24. The highest BCUT2D eigenvalue weighted by molar-refractivity contribution is 7.89. The largest absolute Gasteiger partial charge is 0.416 e. The fourth-order valence-electron chi connectivity index (χ4n) is 3.18. The molecule has 1 aliphatic rings. The molecule has 3 rings (SSSR count). The number of anilines is 1. The summed E-state index contributed by atoms with van der Waals surface area (Å²) < 4.78 is 64.7. The van der Waals surface area contributed by atoms with E-state index in [-0.39, 0.29) is 37.0 Å². The van der Waals surface area contributed by atoms with Gasteiger partial charge in [-0.15, -0.1) is 0 Å². The molecular weight excluding hydrogens is 419 g/mol. The van der Waals surface area contributed by atoms with Gasteiger partial charge in [0.1, 0.15) is 0 Å². The highest BCUT2D eigenvalue weighted by Crippen LogP contribution is 2.30. The van der Waals surface area contributed by atoms with Gasteiger partial charge in [-0.1, -0.05) is 0 Å². The molecule has 10 heteroatoms. The van der Waals surface area contributed by atoms with Crippen molar-refractivity contribution in [3.8, 4) is 0 Å². The van der Waals surface area contributed by atoms with Gasteiger partial charge in [-0.3, -0.25) is 4.79 Å². The van der Waals surface area contributed by atoms with Gasteiger partial charge in [0.15, 0.2) is 0 Å². The number of piperazine rings is 1. The standard InChI is InChI=1S/C20H22F3N3O3S/c1-24(2)17-7-3-15(4-8-17)19(27)25-11-13-26(14-12-25)30(28,29)18-9-5-16(6-10-18)20(21,22)23/h3-10H,11-14H2,1-2H3. The molecule has 2 aromatic rings. The molecule has 2 aromatic carbocycles. The first-order chi connectivity index (χ1) is 14.0. The zero-order chi connectivity index (χ0) is 22.1. The van der Waals surface area contributed by atoms with Gasteiger partial charge in [0.25, 0.3) is 5.91 Å². The number of amides is 1. The molecule has 1 heterocycles. The third-order valence-corrected chi connectivity index (χ3v) is 6.89. The van der Waals surface area contributed by atoms with Gasteiger partial charge in [-0.25, -0.2) is 8.42 Å². The molecule has 162 valence electrons. The van der Waals surface area contributed by atoms with Crippen molar-refractivity contribution >= 4 is 21.6 Å². The third kappa shape index (κ3) is 4.59. The molecule has 1 fully saturated rings. The van der Waals surface area contributed by atoms with Crippen molar-refractivity contribution in [3.63, 3.8) is 0 Å². The minimum atomic E-state index is -4.53. The lowest BCUT2D eigenvalue weighted by Gasteiger charge is -2.34. The van der Waals surface area contributed by atoms with Gasteiger partial charge in [0, 0.05) is 51.5 Å². The van der Waals surface area contributed by atoms with Crippen LogP contribution in [0.4, 0.5) is 18.9 Å². The molecule has 0 saturated carbocycles. The van der Waals surface area contributed by atoms with Crippen LogP contribution in [0.1, 0.15) is 15.9 Å². The average molecular weight is 441 g/mol. The summed E-state index contributed by atoms with van der Waals surface area (Å²) in [7, 11) is -0.139. The van der Waals surface area contributed by atoms with Gasteiger partial charge in [0.2, 0.25) is 10.0 Å². The van der Waals surface area contributed by atoms with Crippen LogP contribution in [-0.2, 0) is 16.2 Å². The van der Waals surface area contributed by atoms with Crippen LogP contribution >= 0.6 is 0 Å². The zero-order valence-corrected chi connectivity index (χ0v) is 17.4. The number of nitrogens with zero attached hydrogens (tertiary/aromatic N) is 3. The lowest BCUT2D eigenvalue weighted by molar-refractivity contribution is -0.137. The van der Waals surface area contributed by atoms with Crippen LogP contribution in [0.2, 0.25) is 0 Å². The van der Waals surface area contributed by atoms with E-state index >= 15 is 0 Å². The number of halogens is 3. The fourth-order valence-corrected chi connectivity index (χ4v) is 4.60. The number of carbonyl (C=O) groups is 1. The maximum Gasteiger partial charge on any atom is 0.416 e. The second-order valence-corrected chi connectivity index (χ2v) is 9.10. The SMILES string of the molecule is CN(C)c1ccc(C(=O)N2CCN(S(=O)(=O)c3ccc(C(F)(F)F)cc3)CC2)cc1. The molecule has 0 aliphatic carbocycles. The molecular formula is C20H22F3N3O3S.